The first-order valence-corrected chi connectivity index (χ1v) is 13.4. The first-order chi connectivity index (χ1) is 16.6. The average Bonchev–Trinajstić information content (AvgIpc) is 2.86. The highest BCUT2D eigenvalue weighted by atomic mass is 19.1. The molecule has 5 heteroatoms. The van der Waals surface area contributed by atoms with E-state index in [-0.39, 0.29) is 19.4 Å². The zero-order chi connectivity index (χ0) is 24.4. The van der Waals surface area contributed by atoms with Crippen LogP contribution in [0, 0.1) is 0 Å². The summed E-state index contributed by atoms with van der Waals surface area (Å²) in [5.41, 5.74) is 2.10. The Bertz CT molecular complexity index is 752. The van der Waals surface area contributed by atoms with Gasteiger partial charge in [-0.1, -0.05) is 71.6 Å². The summed E-state index contributed by atoms with van der Waals surface area (Å²) < 4.78 is 32.5. The SMILES string of the molecule is CCCCCCCCCCCCc1cnc(-c2ccc(OCCC(F)CC(F)CC)cc2)nc1. The Morgan fingerprint density at radius 1 is 0.765 bits per heavy atom. The molecule has 0 aliphatic heterocycles. The molecule has 0 N–H and O–H groups in total. The van der Waals surface area contributed by atoms with Crippen LogP contribution < -0.4 is 4.74 Å². The van der Waals surface area contributed by atoms with Gasteiger partial charge in [-0.2, -0.15) is 0 Å². The maximum absolute atomic E-state index is 13.7. The fraction of sp³-hybridized carbons (Fsp3) is 0.655. The van der Waals surface area contributed by atoms with Crippen molar-refractivity contribution >= 4 is 0 Å². The molecule has 2 atom stereocenters. The van der Waals surface area contributed by atoms with E-state index in [0.29, 0.717) is 18.0 Å². The van der Waals surface area contributed by atoms with E-state index < -0.39 is 12.3 Å². The predicted molar refractivity (Wildman–Crippen MR) is 138 cm³/mol. The Kier molecular flexibility index (Phi) is 14.4. The van der Waals surface area contributed by atoms with Crippen molar-refractivity contribution in [2.45, 2.75) is 116 Å². The lowest BCUT2D eigenvalue weighted by molar-refractivity contribution is 0.179. The molecule has 2 unspecified atom stereocenters. The molecule has 0 radical (unpaired) electrons. The number of halogens is 2. The van der Waals surface area contributed by atoms with Crippen LogP contribution in [0.4, 0.5) is 8.78 Å². The first kappa shape index (κ1) is 28.2. The van der Waals surface area contributed by atoms with Gasteiger partial charge < -0.3 is 4.74 Å². The zero-order valence-corrected chi connectivity index (χ0v) is 21.3. The fourth-order valence-corrected chi connectivity index (χ4v) is 4.02. The van der Waals surface area contributed by atoms with E-state index in [1.807, 2.05) is 36.7 Å². The van der Waals surface area contributed by atoms with Crippen LogP contribution >= 0.6 is 0 Å². The van der Waals surface area contributed by atoms with Crippen molar-refractivity contribution in [1.29, 1.82) is 0 Å². The van der Waals surface area contributed by atoms with Crippen molar-refractivity contribution in [2.75, 3.05) is 6.61 Å². The second-order valence-corrected chi connectivity index (χ2v) is 9.35. The summed E-state index contributed by atoms with van der Waals surface area (Å²) in [6.07, 6.45) is 16.5. The number of nitrogens with zero attached hydrogens (tertiary/aromatic N) is 2. The highest BCUT2D eigenvalue weighted by molar-refractivity contribution is 5.55. The molecule has 3 nitrogen and oxygen atoms in total. The van der Waals surface area contributed by atoms with E-state index in [0.717, 1.165) is 12.0 Å². The maximum atomic E-state index is 13.7. The highest BCUT2D eigenvalue weighted by Crippen LogP contribution is 2.21. The molecule has 0 fully saturated rings. The van der Waals surface area contributed by atoms with Gasteiger partial charge in [0.05, 0.1) is 6.61 Å². The largest absolute Gasteiger partial charge is 0.493 e. The molecule has 0 saturated heterocycles. The number of unbranched alkanes of at least 4 members (excludes halogenated alkanes) is 9. The fourth-order valence-electron chi connectivity index (χ4n) is 4.02. The summed E-state index contributed by atoms with van der Waals surface area (Å²) >= 11 is 0. The molecule has 1 aromatic carbocycles. The van der Waals surface area contributed by atoms with Crippen molar-refractivity contribution in [3.63, 3.8) is 0 Å². The lowest BCUT2D eigenvalue weighted by atomic mass is 10.0. The van der Waals surface area contributed by atoms with Gasteiger partial charge in [0.1, 0.15) is 18.1 Å². The number of hydrogen-bond acceptors (Lipinski definition) is 3. The number of aryl methyl sites for hydroxylation is 1. The number of hydrogen-bond donors (Lipinski definition) is 0. The molecule has 0 aliphatic rings. The molecule has 0 aliphatic carbocycles. The van der Waals surface area contributed by atoms with E-state index in [1.54, 1.807) is 6.92 Å². The molecule has 2 rings (SSSR count). The predicted octanol–water partition coefficient (Wildman–Crippen LogP) is 8.85. The van der Waals surface area contributed by atoms with Crippen LogP contribution in [-0.4, -0.2) is 28.9 Å². The normalized spacial score (nSPS) is 13.1. The average molecular weight is 475 g/mol. The topological polar surface area (TPSA) is 35.0 Å². The van der Waals surface area contributed by atoms with Gasteiger partial charge >= 0.3 is 0 Å². The first-order valence-electron chi connectivity index (χ1n) is 13.4. The molecule has 0 spiro atoms. The lowest BCUT2D eigenvalue weighted by Gasteiger charge is -2.12. The Hall–Kier alpha value is -2.04. The van der Waals surface area contributed by atoms with Gasteiger partial charge in [0.15, 0.2) is 5.82 Å². The monoisotopic (exact) mass is 474 g/mol. The van der Waals surface area contributed by atoms with Gasteiger partial charge in [-0.05, 0) is 49.1 Å². The number of aromatic nitrogens is 2. The second kappa shape index (κ2) is 17.4. The lowest BCUT2D eigenvalue weighted by Crippen LogP contribution is -2.13. The quantitative estimate of drug-likeness (QED) is 0.191. The van der Waals surface area contributed by atoms with Gasteiger partial charge in [0.25, 0.3) is 0 Å². The number of ether oxygens (including phenoxy) is 1. The van der Waals surface area contributed by atoms with Gasteiger partial charge in [-0.3, -0.25) is 0 Å². The van der Waals surface area contributed by atoms with E-state index in [4.69, 9.17) is 4.74 Å². The Morgan fingerprint density at radius 3 is 1.94 bits per heavy atom. The third-order valence-corrected chi connectivity index (χ3v) is 6.29. The van der Waals surface area contributed by atoms with Crippen molar-refractivity contribution in [2.24, 2.45) is 0 Å². The van der Waals surface area contributed by atoms with E-state index in [2.05, 4.69) is 16.9 Å². The van der Waals surface area contributed by atoms with Crippen molar-refractivity contribution in [1.82, 2.24) is 9.97 Å². The minimum Gasteiger partial charge on any atom is -0.493 e. The van der Waals surface area contributed by atoms with Gasteiger partial charge in [-0.25, -0.2) is 18.7 Å². The minimum absolute atomic E-state index is 0.0503. The Labute approximate surface area is 205 Å². The Balaban J connectivity index is 1.62. The van der Waals surface area contributed by atoms with Gasteiger partial charge in [0, 0.05) is 30.8 Å². The number of benzene rings is 1. The van der Waals surface area contributed by atoms with Gasteiger partial charge in [0.2, 0.25) is 0 Å². The maximum Gasteiger partial charge on any atom is 0.159 e. The van der Waals surface area contributed by atoms with Crippen LogP contribution in [-0.2, 0) is 6.42 Å². The molecule has 0 saturated carbocycles. The van der Waals surface area contributed by atoms with Crippen molar-refractivity contribution < 1.29 is 13.5 Å². The zero-order valence-electron chi connectivity index (χ0n) is 21.3. The van der Waals surface area contributed by atoms with Crippen molar-refractivity contribution in [3.05, 3.63) is 42.2 Å². The molecule has 2 aromatic rings. The van der Waals surface area contributed by atoms with Crippen LogP contribution in [0.2, 0.25) is 0 Å². The molecule has 0 amide bonds. The molecule has 0 bridgehead atoms. The molecule has 34 heavy (non-hydrogen) atoms. The van der Waals surface area contributed by atoms with Crippen LogP contribution in [0.3, 0.4) is 0 Å². The Morgan fingerprint density at radius 2 is 1.35 bits per heavy atom. The third-order valence-electron chi connectivity index (χ3n) is 6.29. The summed E-state index contributed by atoms with van der Waals surface area (Å²) in [7, 11) is 0. The number of rotatable bonds is 19. The molecule has 1 aromatic heterocycles. The van der Waals surface area contributed by atoms with Crippen molar-refractivity contribution in [3.8, 4) is 17.1 Å². The highest BCUT2D eigenvalue weighted by Gasteiger charge is 2.13. The summed E-state index contributed by atoms with van der Waals surface area (Å²) in [6.45, 7) is 4.23. The molecule has 1 heterocycles. The van der Waals surface area contributed by atoms with E-state index >= 15 is 0 Å². The van der Waals surface area contributed by atoms with Crippen LogP contribution in [0.5, 0.6) is 5.75 Å². The summed E-state index contributed by atoms with van der Waals surface area (Å²) in [6, 6.07) is 7.50. The third kappa shape index (κ3) is 11.9. The van der Waals surface area contributed by atoms with E-state index in [1.165, 1.54) is 69.8 Å². The molecular formula is C29H44F2N2O. The molecule has 190 valence electrons. The summed E-state index contributed by atoms with van der Waals surface area (Å²) in [4.78, 5) is 9.05. The standard InChI is InChI=1S/C29H44F2N2O/c1-3-5-6-7-8-9-10-11-12-13-14-24-22-32-29(33-23-24)25-15-17-28(18-16-25)34-20-19-27(31)21-26(30)4-2/h15-18,22-23,26-27H,3-14,19-21H2,1-2H3. The second-order valence-electron chi connectivity index (χ2n) is 9.35. The van der Waals surface area contributed by atoms with E-state index in [9.17, 15) is 8.78 Å². The van der Waals surface area contributed by atoms with Gasteiger partial charge in [-0.15, -0.1) is 0 Å². The summed E-state index contributed by atoms with van der Waals surface area (Å²) in [5, 5.41) is 0. The van der Waals surface area contributed by atoms with Crippen LogP contribution in [0.1, 0.15) is 103 Å². The van der Waals surface area contributed by atoms with Crippen LogP contribution in [0.15, 0.2) is 36.7 Å². The molecular weight excluding hydrogens is 430 g/mol. The summed E-state index contributed by atoms with van der Waals surface area (Å²) in [5.74, 6) is 1.36. The smallest absolute Gasteiger partial charge is 0.159 e. The minimum atomic E-state index is -1.17. The van der Waals surface area contributed by atoms with Crippen LogP contribution in [0.25, 0.3) is 11.4 Å². The number of alkyl halides is 2.